The zero-order chi connectivity index (χ0) is 17.5. The Kier molecular flexibility index (Phi) is 6.32. The Hall–Kier alpha value is -2.40. The van der Waals surface area contributed by atoms with E-state index in [1.807, 2.05) is 6.92 Å². The zero-order valence-electron chi connectivity index (χ0n) is 14.1. The predicted molar refractivity (Wildman–Crippen MR) is 91.8 cm³/mol. The first kappa shape index (κ1) is 17.9. The molecule has 4 nitrogen and oxygen atoms in total. The molecule has 2 aromatic carbocycles. The van der Waals surface area contributed by atoms with Crippen LogP contribution in [0.25, 0.3) is 11.1 Å². The Balaban J connectivity index is 2.08. The lowest BCUT2D eigenvalue weighted by molar-refractivity contribution is 0.0918. The molecule has 0 aliphatic rings. The Morgan fingerprint density at radius 3 is 2.50 bits per heavy atom. The fourth-order valence-electron chi connectivity index (χ4n) is 2.32. The maximum atomic E-state index is 13.5. The van der Waals surface area contributed by atoms with E-state index in [-0.39, 0.29) is 17.8 Å². The Bertz CT molecular complexity index is 686. The molecule has 2 rings (SSSR count). The lowest BCUT2D eigenvalue weighted by Crippen LogP contribution is -2.26. The van der Waals surface area contributed by atoms with Crippen LogP contribution in [0.15, 0.2) is 42.5 Å². The van der Waals surface area contributed by atoms with E-state index in [4.69, 9.17) is 9.47 Å². The third-order valence-corrected chi connectivity index (χ3v) is 3.86. The molecule has 0 heterocycles. The maximum absolute atomic E-state index is 13.5. The van der Waals surface area contributed by atoms with Gasteiger partial charge in [-0.1, -0.05) is 12.1 Å². The van der Waals surface area contributed by atoms with Crippen molar-refractivity contribution in [2.24, 2.45) is 0 Å². The van der Waals surface area contributed by atoms with Crippen molar-refractivity contribution in [3.05, 3.63) is 53.8 Å². The van der Waals surface area contributed by atoms with Gasteiger partial charge < -0.3 is 14.8 Å². The van der Waals surface area contributed by atoms with Crippen LogP contribution in [-0.2, 0) is 4.74 Å². The van der Waals surface area contributed by atoms with Gasteiger partial charge in [0.1, 0.15) is 11.6 Å². The molecule has 1 atom stereocenters. The first-order valence-corrected chi connectivity index (χ1v) is 7.80. The summed E-state index contributed by atoms with van der Waals surface area (Å²) in [7, 11) is 3.19. The molecule has 1 amide bonds. The van der Waals surface area contributed by atoms with Gasteiger partial charge in [0.05, 0.1) is 13.2 Å². The van der Waals surface area contributed by atoms with E-state index in [0.29, 0.717) is 23.4 Å². The summed E-state index contributed by atoms with van der Waals surface area (Å²) in [6, 6.07) is 11.4. The zero-order valence-corrected chi connectivity index (χ0v) is 14.1. The second kappa shape index (κ2) is 8.45. The number of rotatable bonds is 7. The van der Waals surface area contributed by atoms with Crippen LogP contribution in [0.3, 0.4) is 0 Å². The lowest BCUT2D eigenvalue weighted by Gasteiger charge is -2.11. The second-order valence-corrected chi connectivity index (χ2v) is 5.51. The molecule has 24 heavy (non-hydrogen) atoms. The molecular formula is C19H22FNO3. The Morgan fingerprint density at radius 1 is 1.17 bits per heavy atom. The van der Waals surface area contributed by atoms with Gasteiger partial charge in [-0.25, -0.2) is 4.39 Å². The van der Waals surface area contributed by atoms with Crippen molar-refractivity contribution in [1.82, 2.24) is 5.32 Å². The first-order valence-electron chi connectivity index (χ1n) is 7.80. The van der Waals surface area contributed by atoms with Gasteiger partial charge in [-0.15, -0.1) is 0 Å². The smallest absolute Gasteiger partial charge is 0.251 e. The first-order chi connectivity index (χ1) is 11.5. The monoisotopic (exact) mass is 331 g/mol. The number of nitrogens with one attached hydrogen (secondary N) is 1. The van der Waals surface area contributed by atoms with Crippen LogP contribution in [-0.4, -0.2) is 32.8 Å². The molecule has 128 valence electrons. The molecule has 0 unspecified atom stereocenters. The number of halogens is 1. The minimum atomic E-state index is -0.333. The van der Waals surface area contributed by atoms with Crippen LogP contribution < -0.4 is 10.1 Å². The molecule has 0 spiro atoms. The van der Waals surface area contributed by atoms with Crippen molar-refractivity contribution in [3.8, 4) is 16.9 Å². The minimum Gasteiger partial charge on any atom is -0.496 e. The molecule has 0 fully saturated rings. The van der Waals surface area contributed by atoms with Crippen LogP contribution >= 0.6 is 0 Å². The highest BCUT2D eigenvalue weighted by molar-refractivity contribution is 5.94. The quantitative estimate of drug-likeness (QED) is 0.842. The number of methoxy groups -OCH3 is 2. The number of hydrogen-bond acceptors (Lipinski definition) is 3. The standard InChI is InChI=1S/C19H22FNO3/c1-13(23-2)10-11-21-19(22)15-6-4-14(5-7-15)17-12-16(20)8-9-18(17)24-3/h4-9,12-13H,10-11H2,1-3H3,(H,21,22)/t13-/m1/s1. The number of ether oxygens (including phenoxy) is 2. The fourth-order valence-corrected chi connectivity index (χ4v) is 2.32. The molecule has 0 saturated heterocycles. The van der Waals surface area contributed by atoms with Gasteiger partial charge in [0.2, 0.25) is 0 Å². The van der Waals surface area contributed by atoms with Gasteiger partial charge in [0, 0.05) is 24.8 Å². The van der Waals surface area contributed by atoms with E-state index >= 15 is 0 Å². The molecule has 1 N–H and O–H groups in total. The largest absolute Gasteiger partial charge is 0.496 e. The van der Waals surface area contributed by atoms with Crippen LogP contribution in [0.2, 0.25) is 0 Å². The van der Waals surface area contributed by atoms with Gasteiger partial charge in [0.25, 0.3) is 5.91 Å². The summed E-state index contributed by atoms with van der Waals surface area (Å²) in [5, 5.41) is 2.85. The van der Waals surface area contributed by atoms with Gasteiger partial charge in [-0.2, -0.15) is 0 Å². The second-order valence-electron chi connectivity index (χ2n) is 5.51. The number of carbonyl (C=O) groups is 1. The summed E-state index contributed by atoms with van der Waals surface area (Å²) in [6.45, 7) is 2.50. The average molecular weight is 331 g/mol. The van der Waals surface area contributed by atoms with Gasteiger partial charge >= 0.3 is 0 Å². The van der Waals surface area contributed by atoms with Gasteiger partial charge in [0.15, 0.2) is 0 Å². The van der Waals surface area contributed by atoms with E-state index in [1.165, 1.54) is 12.1 Å². The average Bonchev–Trinajstić information content (AvgIpc) is 2.61. The van der Waals surface area contributed by atoms with Crippen molar-refractivity contribution in [1.29, 1.82) is 0 Å². The molecule has 0 saturated carbocycles. The lowest BCUT2D eigenvalue weighted by atomic mass is 10.0. The summed E-state index contributed by atoms with van der Waals surface area (Å²) >= 11 is 0. The molecule has 5 heteroatoms. The van der Waals surface area contributed by atoms with Crippen LogP contribution in [0.5, 0.6) is 5.75 Å². The van der Waals surface area contributed by atoms with E-state index in [1.54, 1.807) is 44.6 Å². The van der Waals surface area contributed by atoms with Crippen molar-refractivity contribution >= 4 is 5.91 Å². The SMILES string of the molecule is COc1ccc(F)cc1-c1ccc(C(=O)NCC[C@@H](C)OC)cc1. The van der Waals surface area contributed by atoms with Crippen molar-refractivity contribution < 1.29 is 18.7 Å². The Labute approximate surface area is 141 Å². The number of carbonyl (C=O) groups excluding carboxylic acids is 1. The highest BCUT2D eigenvalue weighted by atomic mass is 19.1. The molecule has 0 aromatic heterocycles. The molecule has 0 radical (unpaired) electrons. The summed E-state index contributed by atoms with van der Waals surface area (Å²) in [5.74, 6) is 0.109. The van der Waals surface area contributed by atoms with Crippen LogP contribution in [0.1, 0.15) is 23.7 Å². The van der Waals surface area contributed by atoms with Gasteiger partial charge in [-0.3, -0.25) is 4.79 Å². The third kappa shape index (κ3) is 4.55. The maximum Gasteiger partial charge on any atom is 0.251 e. The molecule has 0 bridgehead atoms. The van der Waals surface area contributed by atoms with E-state index in [9.17, 15) is 9.18 Å². The highest BCUT2D eigenvalue weighted by Crippen LogP contribution is 2.30. The van der Waals surface area contributed by atoms with Crippen molar-refractivity contribution in [3.63, 3.8) is 0 Å². The number of benzene rings is 2. The topological polar surface area (TPSA) is 47.6 Å². The van der Waals surface area contributed by atoms with Crippen molar-refractivity contribution in [2.75, 3.05) is 20.8 Å². The molecular weight excluding hydrogens is 309 g/mol. The molecule has 0 aliphatic carbocycles. The van der Waals surface area contributed by atoms with E-state index in [2.05, 4.69) is 5.32 Å². The predicted octanol–water partition coefficient (Wildman–Crippen LogP) is 3.66. The molecule has 0 aliphatic heterocycles. The van der Waals surface area contributed by atoms with Gasteiger partial charge in [-0.05, 0) is 49.2 Å². The summed E-state index contributed by atoms with van der Waals surface area (Å²) in [4.78, 5) is 12.1. The molecule has 2 aromatic rings. The highest BCUT2D eigenvalue weighted by Gasteiger charge is 2.10. The normalized spacial score (nSPS) is 11.8. The Morgan fingerprint density at radius 2 is 1.88 bits per heavy atom. The number of amides is 1. The summed E-state index contributed by atoms with van der Waals surface area (Å²) < 4.78 is 23.9. The van der Waals surface area contributed by atoms with Crippen LogP contribution in [0, 0.1) is 5.82 Å². The summed E-state index contributed by atoms with van der Waals surface area (Å²) in [5.41, 5.74) is 1.99. The van der Waals surface area contributed by atoms with Crippen LogP contribution in [0.4, 0.5) is 4.39 Å². The third-order valence-electron chi connectivity index (χ3n) is 3.86. The summed E-state index contributed by atoms with van der Waals surface area (Å²) in [6.07, 6.45) is 0.856. The fraction of sp³-hybridized carbons (Fsp3) is 0.316. The van der Waals surface area contributed by atoms with E-state index in [0.717, 1.165) is 12.0 Å². The van der Waals surface area contributed by atoms with Crippen molar-refractivity contribution in [2.45, 2.75) is 19.4 Å². The van der Waals surface area contributed by atoms with E-state index < -0.39 is 0 Å². The number of hydrogen-bond donors (Lipinski definition) is 1. The minimum absolute atomic E-state index is 0.105.